The van der Waals surface area contributed by atoms with Crippen LogP contribution in [0.2, 0.25) is 0 Å². The van der Waals surface area contributed by atoms with Crippen LogP contribution in [0.15, 0.2) is 60.7 Å². The molecule has 0 saturated carbocycles. The molecule has 0 aliphatic rings. The molecule has 0 amide bonds. The Morgan fingerprint density at radius 3 is 1.60 bits per heavy atom. The number of ether oxygens (including phenoxy) is 2. The fourth-order valence-corrected chi connectivity index (χ4v) is 1.56. The summed E-state index contributed by atoms with van der Waals surface area (Å²) in [6, 6.07) is 13.4. The van der Waals surface area contributed by atoms with E-state index in [-0.39, 0.29) is 24.7 Å². The second-order valence-electron chi connectivity index (χ2n) is 4.26. The lowest BCUT2D eigenvalue weighted by Crippen LogP contribution is -2.08. The molecule has 2 rings (SSSR count). The first-order valence-corrected chi connectivity index (χ1v) is 6.15. The average molecular weight is 272 g/mol. The summed E-state index contributed by atoms with van der Waals surface area (Å²) in [6.45, 7) is 4.29. The van der Waals surface area contributed by atoms with Crippen molar-refractivity contribution in [2.45, 2.75) is 0 Å². The molecule has 0 aromatic heterocycles. The van der Waals surface area contributed by atoms with E-state index in [2.05, 4.69) is 6.58 Å². The molecule has 0 aliphatic carbocycles. The summed E-state index contributed by atoms with van der Waals surface area (Å²) in [7, 11) is 0. The molecule has 0 aliphatic heterocycles. The molecule has 0 saturated heterocycles. The van der Waals surface area contributed by atoms with Gasteiger partial charge in [-0.25, -0.2) is 0 Å². The maximum absolute atomic E-state index is 9.55. The van der Waals surface area contributed by atoms with E-state index in [0.717, 1.165) is 0 Å². The quantitative estimate of drug-likeness (QED) is 0.793. The predicted octanol–water partition coefficient (Wildman–Crippen LogP) is 3.11. The largest absolute Gasteiger partial charge is 0.504 e. The number of aromatic hydroxyl groups is 2. The summed E-state index contributed by atoms with van der Waals surface area (Å²) < 4.78 is 10.9. The lowest BCUT2D eigenvalue weighted by atomic mass is 10.3. The minimum absolute atomic E-state index is 0.0851. The van der Waals surface area contributed by atoms with Gasteiger partial charge in [-0.3, -0.25) is 0 Å². The van der Waals surface area contributed by atoms with Gasteiger partial charge in [0.2, 0.25) is 0 Å². The third-order valence-corrected chi connectivity index (χ3v) is 2.59. The SMILES string of the molecule is C=C(COc1ccccc1O)COc1ccccc1O. The molecular weight excluding hydrogens is 256 g/mol. The third kappa shape index (κ3) is 3.68. The lowest BCUT2D eigenvalue weighted by molar-refractivity contribution is 0.285. The first kappa shape index (κ1) is 13.8. The van der Waals surface area contributed by atoms with Gasteiger partial charge in [0, 0.05) is 0 Å². The van der Waals surface area contributed by atoms with Crippen molar-refractivity contribution in [3.8, 4) is 23.0 Å². The highest BCUT2D eigenvalue weighted by Gasteiger charge is 2.04. The molecule has 4 nitrogen and oxygen atoms in total. The molecule has 20 heavy (non-hydrogen) atoms. The summed E-state index contributed by atoms with van der Waals surface area (Å²) in [4.78, 5) is 0. The van der Waals surface area contributed by atoms with Gasteiger partial charge in [-0.2, -0.15) is 0 Å². The second-order valence-corrected chi connectivity index (χ2v) is 4.26. The van der Waals surface area contributed by atoms with Gasteiger partial charge in [-0.05, 0) is 29.8 Å². The van der Waals surface area contributed by atoms with E-state index in [0.29, 0.717) is 17.1 Å². The Labute approximate surface area is 117 Å². The standard InChI is InChI=1S/C16H16O4/c1-12(10-19-15-8-4-2-6-13(15)17)11-20-16-9-5-3-7-14(16)18/h2-9,17-18H,1,10-11H2. The minimum Gasteiger partial charge on any atom is -0.504 e. The fraction of sp³-hybridized carbons (Fsp3) is 0.125. The van der Waals surface area contributed by atoms with Crippen LogP contribution >= 0.6 is 0 Å². The lowest BCUT2D eigenvalue weighted by Gasteiger charge is -2.11. The van der Waals surface area contributed by atoms with Gasteiger partial charge in [0.1, 0.15) is 13.2 Å². The molecule has 2 aromatic rings. The van der Waals surface area contributed by atoms with Gasteiger partial charge in [0.15, 0.2) is 23.0 Å². The maximum atomic E-state index is 9.55. The van der Waals surface area contributed by atoms with Gasteiger partial charge in [-0.15, -0.1) is 0 Å². The average Bonchev–Trinajstić information content (AvgIpc) is 2.45. The summed E-state index contributed by atoms with van der Waals surface area (Å²) >= 11 is 0. The van der Waals surface area contributed by atoms with Crippen LogP contribution in [0.3, 0.4) is 0 Å². The topological polar surface area (TPSA) is 58.9 Å². The Kier molecular flexibility index (Phi) is 4.50. The number of phenolic OH excluding ortho intramolecular Hbond substituents is 2. The van der Waals surface area contributed by atoms with E-state index in [1.54, 1.807) is 48.5 Å². The molecule has 0 unspecified atom stereocenters. The number of hydrogen-bond donors (Lipinski definition) is 2. The Balaban J connectivity index is 1.82. The zero-order chi connectivity index (χ0) is 14.4. The van der Waals surface area contributed by atoms with Crippen LogP contribution in [0.25, 0.3) is 0 Å². The molecule has 0 atom stereocenters. The Morgan fingerprint density at radius 1 is 0.800 bits per heavy atom. The van der Waals surface area contributed by atoms with Crippen LogP contribution in [0.1, 0.15) is 0 Å². The molecular formula is C16H16O4. The molecule has 4 heteroatoms. The third-order valence-electron chi connectivity index (χ3n) is 2.59. The van der Waals surface area contributed by atoms with Crippen LogP contribution < -0.4 is 9.47 Å². The van der Waals surface area contributed by atoms with Crippen molar-refractivity contribution in [1.29, 1.82) is 0 Å². The Bertz CT molecular complexity index is 541. The van der Waals surface area contributed by atoms with E-state index < -0.39 is 0 Å². The monoisotopic (exact) mass is 272 g/mol. The smallest absolute Gasteiger partial charge is 0.161 e. The highest BCUT2D eigenvalue weighted by molar-refractivity contribution is 5.39. The van der Waals surface area contributed by atoms with Crippen LogP contribution in [0.4, 0.5) is 0 Å². The van der Waals surface area contributed by atoms with Crippen molar-refractivity contribution in [2.24, 2.45) is 0 Å². The first-order chi connectivity index (χ1) is 9.66. The maximum Gasteiger partial charge on any atom is 0.161 e. The summed E-state index contributed by atoms with van der Waals surface area (Å²) in [6.07, 6.45) is 0. The number of benzene rings is 2. The van der Waals surface area contributed by atoms with E-state index >= 15 is 0 Å². The number of phenols is 2. The van der Waals surface area contributed by atoms with Gasteiger partial charge < -0.3 is 19.7 Å². The number of para-hydroxylation sites is 4. The predicted molar refractivity (Wildman–Crippen MR) is 76.3 cm³/mol. The van der Waals surface area contributed by atoms with Crippen molar-refractivity contribution in [2.75, 3.05) is 13.2 Å². The molecule has 0 fully saturated rings. The highest BCUT2D eigenvalue weighted by atomic mass is 16.5. The molecule has 2 N–H and O–H groups in total. The van der Waals surface area contributed by atoms with Crippen LogP contribution in [-0.2, 0) is 0 Å². The van der Waals surface area contributed by atoms with Gasteiger partial charge in [-0.1, -0.05) is 30.8 Å². The summed E-state index contributed by atoms with van der Waals surface area (Å²) in [5.41, 5.74) is 0.691. The van der Waals surface area contributed by atoms with Crippen LogP contribution in [0, 0.1) is 0 Å². The van der Waals surface area contributed by atoms with E-state index in [9.17, 15) is 10.2 Å². The Morgan fingerprint density at radius 2 is 1.20 bits per heavy atom. The molecule has 0 bridgehead atoms. The fourth-order valence-electron chi connectivity index (χ4n) is 1.56. The van der Waals surface area contributed by atoms with Crippen molar-refractivity contribution < 1.29 is 19.7 Å². The molecule has 104 valence electrons. The van der Waals surface area contributed by atoms with E-state index in [1.807, 2.05) is 0 Å². The zero-order valence-corrected chi connectivity index (χ0v) is 11.0. The van der Waals surface area contributed by atoms with Crippen molar-refractivity contribution >= 4 is 0 Å². The number of rotatable bonds is 6. The normalized spacial score (nSPS) is 10.0. The number of hydrogen-bond acceptors (Lipinski definition) is 4. The van der Waals surface area contributed by atoms with Crippen molar-refractivity contribution in [3.63, 3.8) is 0 Å². The van der Waals surface area contributed by atoms with Crippen molar-refractivity contribution in [3.05, 3.63) is 60.7 Å². The minimum atomic E-state index is 0.0851. The van der Waals surface area contributed by atoms with Crippen molar-refractivity contribution in [1.82, 2.24) is 0 Å². The summed E-state index contributed by atoms with van der Waals surface area (Å²) in [5.74, 6) is 0.969. The van der Waals surface area contributed by atoms with Gasteiger partial charge >= 0.3 is 0 Å². The second kappa shape index (κ2) is 6.52. The highest BCUT2D eigenvalue weighted by Crippen LogP contribution is 2.26. The molecule has 0 spiro atoms. The molecule has 0 heterocycles. The van der Waals surface area contributed by atoms with Crippen LogP contribution in [-0.4, -0.2) is 23.4 Å². The van der Waals surface area contributed by atoms with E-state index in [1.165, 1.54) is 0 Å². The first-order valence-electron chi connectivity index (χ1n) is 6.15. The molecule has 2 aromatic carbocycles. The molecule has 0 radical (unpaired) electrons. The summed E-state index contributed by atoms with van der Waals surface area (Å²) in [5, 5.41) is 19.1. The van der Waals surface area contributed by atoms with Gasteiger partial charge in [0.25, 0.3) is 0 Å². The van der Waals surface area contributed by atoms with E-state index in [4.69, 9.17) is 9.47 Å². The Hall–Kier alpha value is -2.62. The zero-order valence-electron chi connectivity index (χ0n) is 11.0. The van der Waals surface area contributed by atoms with Crippen LogP contribution in [0.5, 0.6) is 23.0 Å². The van der Waals surface area contributed by atoms with Gasteiger partial charge in [0.05, 0.1) is 0 Å².